The first-order valence-electron chi connectivity index (χ1n) is 5.28. The molecule has 0 N–H and O–H groups in total. The maximum absolute atomic E-state index is 2.28. The van der Waals surface area contributed by atoms with Crippen LogP contribution in [-0.4, -0.2) is 24.2 Å². The van der Waals surface area contributed by atoms with E-state index in [1.54, 1.807) is 0 Å². The zero-order valence-electron chi connectivity index (χ0n) is 10.1. The summed E-state index contributed by atoms with van der Waals surface area (Å²) in [6.45, 7) is 9.69. The van der Waals surface area contributed by atoms with E-state index >= 15 is 0 Å². The van der Waals surface area contributed by atoms with Gasteiger partial charge in [0.15, 0.2) is 0 Å². The lowest BCUT2D eigenvalue weighted by Gasteiger charge is -2.19. The smallest absolute Gasteiger partial charge is 0.0664 e. The maximum Gasteiger partial charge on any atom is 0.0664 e. The molecule has 0 amide bonds. The van der Waals surface area contributed by atoms with Gasteiger partial charge in [0.05, 0.1) is 5.03 Å². The molecule has 0 saturated carbocycles. The van der Waals surface area contributed by atoms with Gasteiger partial charge in [-0.25, -0.2) is 0 Å². The highest BCUT2D eigenvalue weighted by Gasteiger charge is 2.00. The summed E-state index contributed by atoms with van der Waals surface area (Å²) in [6.07, 6.45) is 6.67. The summed E-state index contributed by atoms with van der Waals surface area (Å²) in [5.74, 6) is 1.79. The van der Waals surface area contributed by atoms with Crippen molar-refractivity contribution in [3.8, 4) is 0 Å². The number of allylic oxidation sites excluding steroid dienone is 2. The van der Waals surface area contributed by atoms with E-state index in [1.807, 2.05) is 11.8 Å². The third kappa shape index (κ3) is 6.14. The molecule has 0 saturated heterocycles. The highest BCUT2D eigenvalue weighted by Crippen LogP contribution is 2.17. The minimum Gasteiger partial charge on any atom is -0.366 e. The Balaban J connectivity index is 3.99. The quantitative estimate of drug-likeness (QED) is 0.618. The van der Waals surface area contributed by atoms with Crippen LogP contribution in [0.4, 0.5) is 0 Å². The van der Waals surface area contributed by atoms with E-state index in [0.29, 0.717) is 5.92 Å². The van der Waals surface area contributed by atoms with Gasteiger partial charge in [0.2, 0.25) is 0 Å². The Morgan fingerprint density at radius 2 is 2.07 bits per heavy atom. The molecule has 0 unspecified atom stereocenters. The maximum atomic E-state index is 2.28. The van der Waals surface area contributed by atoms with Crippen molar-refractivity contribution in [2.45, 2.75) is 27.7 Å². The van der Waals surface area contributed by atoms with Gasteiger partial charge in [0.25, 0.3) is 0 Å². The topological polar surface area (TPSA) is 3.24 Å². The van der Waals surface area contributed by atoms with Gasteiger partial charge in [-0.15, -0.1) is 11.8 Å². The van der Waals surface area contributed by atoms with Crippen LogP contribution in [0.2, 0.25) is 0 Å². The molecule has 14 heavy (non-hydrogen) atoms. The molecular formula is C12H23NS. The van der Waals surface area contributed by atoms with Crippen LogP contribution in [0.5, 0.6) is 0 Å². The first-order valence-corrected chi connectivity index (χ1v) is 6.27. The Hall–Kier alpha value is -0.370. The summed E-state index contributed by atoms with van der Waals surface area (Å²) in [6, 6.07) is 0. The first-order chi connectivity index (χ1) is 6.61. The summed E-state index contributed by atoms with van der Waals surface area (Å²) < 4.78 is 0. The van der Waals surface area contributed by atoms with Gasteiger partial charge in [-0.2, -0.15) is 0 Å². The van der Waals surface area contributed by atoms with Crippen LogP contribution in [0.1, 0.15) is 27.7 Å². The van der Waals surface area contributed by atoms with Crippen LogP contribution in [0.15, 0.2) is 23.3 Å². The van der Waals surface area contributed by atoms with Gasteiger partial charge in [-0.1, -0.05) is 39.0 Å². The summed E-state index contributed by atoms with van der Waals surface area (Å²) >= 11 is 1.90. The van der Waals surface area contributed by atoms with Crippen molar-refractivity contribution in [3.63, 3.8) is 0 Å². The van der Waals surface area contributed by atoms with Crippen molar-refractivity contribution in [2.75, 3.05) is 19.3 Å². The van der Waals surface area contributed by atoms with E-state index in [-0.39, 0.29) is 0 Å². The average Bonchev–Trinajstić information content (AvgIpc) is 2.13. The fourth-order valence-corrected chi connectivity index (χ4v) is 1.90. The fraction of sp³-hybridized carbons (Fsp3) is 0.667. The lowest BCUT2D eigenvalue weighted by atomic mass is 10.2. The van der Waals surface area contributed by atoms with Gasteiger partial charge in [-0.3, -0.25) is 0 Å². The van der Waals surface area contributed by atoms with Crippen LogP contribution in [0, 0.1) is 5.92 Å². The Kier molecular flexibility index (Phi) is 7.77. The third-order valence-corrected chi connectivity index (χ3v) is 2.95. The molecule has 0 fully saturated rings. The van der Waals surface area contributed by atoms with Crippen molar-refractivity contribution in [2.24, 2.45) is 5.92 Å². The third-order valence-electron chi connectivity index (χ3n) is 1.82. The summed E-state index contributed by atoms with van der Waals surface area (Å²) in [7, 11) is 2.14. The predicted octanol–water partition coefficient (Wildman–Crippen LogP) is 3.74. The van der Waals surface area contributed by atoms with Gasteiger partial charge in [0, 0.05) is 13.6 Å². The van der Waals surface area contributed by atoms with Crippen LogP contribution in [0.25, 0.3) is 0 Å². The zero-order valence-corrected chi connectivity index (χ0v) is 10.9. The van der Waals surface area contributed by atoms with Gasteiger partial charge in [-0.05, 0) is 18.6 Å². The fourth-order valence-electron chi connectivity index (χ4n) is 1.14. The molecule has 0 spiro atoms. The molecule has 0 heterocycles. The molecule has 0 aliphatic carbocycles. The lowest BCUT2D eigenvalue weighted by molar-refractivity contribution is 0.495. The van der Waals surface area contributed by atoms with Crippen molar-refractivity contribution < 1.29 is 0 Å². The van der Waals surface area contributed by atoms with Gasteiger partial charge in [0.1, 0.15) is 0 Å². The van der Waals surface area contributed by atoms with Gasteiger partial charge >= 0.3 is 0 Å². The molecule has 1 nitrogen and oxygen atoms in total. The highest BCUT2D eigenvalue weighted by atomic mass is 32.2. The molecule has 0 aliphatic heterocycles. The first kappa shape index (κ1) is 13.6. The zero-order chi connectivity index (χ0) is 11.0. The van der Waals surface area contributed by atoms with E-state index in [9.17, 15) is 0 Å². The molecule has 82 valence electrons. The van der Waals surface area contributed by atoms with Crippen molar-refractivity contribution in [1.29, 1.82) is 0 Å². The van der Waals surface area contributed by atoms with E-state index < -0.39 is 0 Å². The Morgan fingerprint density at radius 3 is 2.50 bits per heavy atom. The minimum atomic E-state index is 0.649. The summed E-state index contributed by atoms with van der Waals surface area (Å²) in [5, 5.41) is 1.36. The number of rotatable bonds is 6. The molecule has 0 aliphatic rings. The monoisotopic (exact) mass is 213 g/mol. The van der Waals surface area contributed by atoms with E-state index in [0.717, 1.165) is 12.3 Å². The average molecular weight is 213 g/mol. The van der Waals surface area contributed by atoms with Crippen LogP contribution >= 0.6 is 11.8 Å². The standard InChI is InChI=1S/C12H23NS/c1-6-12(14-7-2)13(5)10-8-9-11(3)4/h6,8-9,11H,7,10H2,1-5H3/b9-8-,12-6-. The second-order valence-corrected chi connectivity index (χ2v) is 4.90. The van der Waals surface area contributed by atoms with Crippen LogP contribution < -0.4 is 0 Å². The van der Waals surface area contributed by atoms with Crippen molar-refractivity contribution in [3.05, 3.63) is 23.3 Å². The van der Waals surface area contributed by atoms with E-state index in [1.165, 1.54) is 5.03 Å². The number of hydrogen-bond acceptors (Lipinski definition) is 2. The minimum absolute atomic E-state index is 0.649. The Labute approximate surface area is 93.3 Å². The van der Waals surface area contributed by atoms with E-state index in [4.69, 9.17) is 0 Å². The van der Waals surface area contributed by atoms with Crippen molar-refractivity contribution >= 4 is 11.8 Å². The second-order valence-electron chi connectivity index (χ2n) is 3.61. The number of hydrogen-bond donors (Lipinski definition) is 0. The molecule has 2 heteroatoms. The normalized spacial score (nSPS) is 12.9. The Bertz CT molecular complexity index is 194. The largest absolute Gasteiger partial charge is 0.366 e. The molecule has 0 aromatic carbocycles. The lowest BCUT2D eigenvalue weighted by Crippen LogP contribution is -2.15. The molecule has 0 atom stereocenters. The van der Waals surface area contributed by atoms with Crippen LogP contribution in [0.3, 0.4) is 0 Å². The molecule has 0 radical (unpaired) electrons. The van der Waals surface area contributed by atoms with Gasteiger partial charge < -0.3 is 4.90 Å². The molecule has 0 bridgehead atoms. The Morgan fingerprint density at radius 1 is 1.43 bits per heavy atom. The summed E-state index contributed by atoms with van der Waals surface area (Å²) in [4.78, 5) is 2.28. The number of thioether (sulfide) groups is 1. The molecule has 0 aromatic heterocycles. The number of likely N-dealkylation sites (N-methyl/N-ethyl adjacent to an activating group) is 1. The van der Waals surface area contributed by atoms with Crippen LogP contribution in [-0.2, 0) is 0 Å². The number of nitrogens with zero attached hydrogens (tertiary/aromatic N) is 1. The van der Waals surface area contributed by atoms with E-state index in [2.05, 4.69) is 57.9 Å². The highest BCUT2D eigenvalue weighted by molar-refractivity contribution is 8.02. The molecular weight excluding hydrogens is 190 g/mol. The van der Waals surface area contributed by atoms with Crippen molar-refractivity contribution in [1.82, 2.24) is 4.90 Å². The second kappa shape index (κ2) is 7.98. The predicted molar refractivity (Wildman–Crippen MR) is 68.5 cm³/mol. The SMILES string of the molecule is C/C=C(\SCC)N(C)C/C=C\C(C)C. The molecule has 0 rings (SSSR count). The summed E-state index contributed by atoms with van der Waals surface area (Å²) in [5.41, 5.74) is 0. The molecule has 0 aromatic rings.